The van der Waals surface area contributed by atoms with Crippen molar-refractivity contribution in [3.63, 3.8) is 0 Å². The zero-order chi connectivity index (χ0) is 28.4. The highest BCUT2D eigenvalue weighted by molar-refractivity contribution is 6.31. The van der Waals surface area contributed by atoms with Gasteiger partial charge in [0.2, 0.25) is 0 Å². The minimum absolute atomic E-state index is 0.0710. The van der Waals surface area contributed by atoms with E-state index in [0.29, 0.717) is 16.9 Å². The maximum atomic E-state index is 13.7. The van der Waals surface area contributed by atoms with E-state index < -0.39 is 53.7 Å². The number of ketones is 1. The van der Waals surface area contributed by atoms with Crippen LogP contribution in [0.3, 0.4) is 0 Å². The Morgan fingerprint density at radius 1 is 1.08 bits per heavy atom. The molecule has 0 bridgehead atoms. The second-order valence-corrected chi connectivity index (χ2v) is 10.8. The van der Waals surface area contributed by atoms with Crippen LogP contribution in [0.1, 0.15) is 73.9 Å². The molecule has 9 nitrogen and oxygen atoms in total. The fraction of sp³-hybridized carbons (Fsp3) is 0.407. The summed E-state index contributed by atoms with van der Waals surface area (Å²) in [7, 11) is 0. The normalized spacial score (nSPS) is 17.9. The fourth-order valence-corrected chi connectivity index (χ4v) is 4.06. The van der Waals surface area contributed by atoms with Crippen molar-refractivity contribution in [1.82, 2.24) is 10.6 Å². The van der Waals surface area contributed by atoms with Crippen molar-refractivity contribution in [2.45, 2.75) is 64.9 Å². The number of ether oxygens (including phenoxy) is 3. The Balaban J connectivity index is 1.93. The summed E-state index contributed by atoms with van der Waals surface area (Å²) in [6.07, 6.45) is -1.90. The Labute approximate surface area is 225 Å². The van der Waals surface area contributed by atoms with E-state index in [1.54, 1.807) is 52.8 Å². The highest BCUT2D eigenvalue weighted by atomic mass is 35.5. The van der Waals surface area contributed by atoms with Gasteiger partial charge in [-0.1, -0.05) is 11.6 Å². The molecule has 0 aliphatic carbocycles. The summed E-state index contributed by atoms with van der Waals surface area (Å²) >= 11 is 5.85. The number of fused-ring (bicyclic) bond motifs is 1. The third-order valence-electron chi connectivity index (χ3n) is 5.62. The van der Waals surface area contributed by atoms with Gasteiger partial charge < -0.3 is 24.8 Å². The number of esters is 1. The van der Waals surface area contributed by atoms with Crippen molar-refractivity contribution in [3.05, 3.63) is 63.9 Å². The standard InChI is InChI=1S/C27H30ClFN2O7/c1-14(32)15-8-10-20-17(11-15)22(31-24(34)16-7-9-19(29)18(28)12-16)23(27(5,6)37-20)36-21(33)13-30-25(35)38-26(2,3)4/h7-12,22-23H,13H2,1-6H3,(H,30,35)(H,31,34)/t22-,23+/m1/s1. The third kappa shape index (κ3) is 7.00. The number of hydrogen-bond donors (Lipinski definition) is 2. The Morgan fingerprint density at radius 3 is 2.34 bits per heavy atom. The summed E-state index contributed by atoms with van der Waals surface area (Å²) in [6.45, 7) is 9.27. The van der Waals surface area contributed by atoms with Crippen molar-refractivity contribution in [2.75, 3.05) is 6.54 Å². The predicted molar refractivity (Wildman–Crippen MR) is 137 cm³/mol. The van der Waals surface area contributed by atoms with Crippen molar-refractivity contribution < 1.29 is 37.8 Å². The van der Waals surface area contributed by atoms with Gasteiger partial charge >= 0.3 is 12.1 Å². The monoisotopic (exact) mass is 548 g/mol. The number of carbonyl (C=O) groups excluding carboxylic acids is 4. The van der Waals surface area contributed by atoms with E-state index in [4.69, 9.17) is 25.8 Å². The Hall–Kier alpha value is -3.66. The summed E-state index contributed by atoms with van der Waals surface area (Å²) in [5.41, 5.74) is -1.08. The van der Waals surface area contributed by atoms with E-state index >= 15 is 0 Å². The molecule has 2 amide bonds. The molecule has 1 aliphatic heterocycles. The number of nitrogens with one attached hydrogen (secondary N) is 2. The van der Waals surface area contributed by atoms with Gasteiger partial charge in [-0.3, -0.25) is 14.4 Å². The maximum absolute atomic E-state index is 13.7. The Morgan fingerprint density at radius 2 is 1.74 bits per heavy atom. The van der Waals surface area contributed by atoms with Gasteiger partial charge in [0.25, 0.3) is 5.91 Å². The van der Waals surface area contributed by atoms with Crippen molar-refractivity contribution >= 4 is 35.4 Å². The van der Waals surface area contributed by atoms with Crippen LogP contribution in [0.25, 0.3) is 0 Å². The lowest BCUT2D eigenvalue weighted by atomic mass is 9.85. The van der Waals surface area contributed by atoms with Crippen molar-refractivity contribution in [2.24, 2.45) is 0 Å². The van der Waals surface area contributed by atoms with Gasteiger partial charge in [0, 0.05) is 16.7 Å². The smallest absolute Gasteiger partial charge is 0.408 e. The zero-order valence-electron chi connectivity index (χ0n) is 21.9. The molecule has 0 spiro atoms. The molecule has 0 unspecified atom stereocenters. The molecule has 1 heterocycles. The first-order chi connectivity index (χ1) is 17.6. The molecule has 0 aromatic heterocycles. The lowest BCUT2D eigenvalue weighted by Gasteiger charge is -2.44. The Kier molecular flexibility index (Phi) is 8.36. The van der Waals surface area contributed by atoms with Crippen LogP contribution < -0.4 is 15.4 Å². The van der Waals surface area contributed by atoms with E-state index in [1.807, 2.05) is 0 Å². The molecule has 3 rings (SSSR count). The van der Waals surface area contributed by atoms with Gasteiger partial charge in [-0.05, 0) is 77.9 Å². The molecule has 1 aliphatic rings. The maximum Gasteiger partial charge on any atom is 0.408 e. The highest BCUT2D eigenvalue weighted by Gasteiger charge is 2.47. The molecule has 2 aromatic rings. The molecule has 38 heavy (non-hydrogen) atoms. The first kappa shape index (κ1) is 28.9. The average Bonchev–Trinajstić information content (AvgIpc) is 2.79. The molecular formula is C27H30ClFN2O7. The second kappa shape index (κ2) is 11.0. The zero-order valence-corrected chi connectivity index (χ0v) is 22.7. The SMILES string of the molecule is CC(=O)c1ccc2c(c1)[C@@H](NC(=O)c1ccc(F)c(Cl)c1)[C@H](OC(=O)CNC(=O)OC(C)(C)C)C(C)(C)O2. The molecule has 2 atom stereocenters. The largest absolute Gasteiger partial charge is 0.484 e. The molecule has 2 N–H and O–H groups in total. The van der Waals surface area contributed by atoms with Crippen LogP contribution in [-0.2, 0) is 14.3 Å². The van der Waals surface area contributed by atoms with Gasteiger partial charge in [-0.25, -0.2) is 9.18 Å². The number of carbonyl (C=O) groups is 4. The van der Waals surface area contributed by atoms with E-state index in [1.165, 1.54) is 19.1 Å². The average molecular weight is 549 g/mol. The lowest BCUT2D eigenvalue weighted by molar-refractivity contribution is -0.164. The first-order valence-corrected chi connectivity index (χ1v) is 12.2. The van der Waals surface area contributed by atoms with Crippen molar-refractivity contribution in [3.8, 4) is 5.75 Å². The highest BCUT2D eigenvalue weighted by Crippen LogP contribution is 2.42. The van der Waals surface area contributed by atoms with Gasteiger partial charge in [0.1, 0.15) is 29.3 Å². The Bertz CT molecular complexity index is 1270. The van der Waals surface area contributed by atoms with Crippen LogP contribution >= 0.6 is 11.6 Å². The van der Waals surface area contributed by atoms with Crippen LogP contribution in [-0.4, -0.2) is 47.6 Å². The van der Waals surface area contributed by atoms with Crippen molar-refractivity contribution in [1.29, 1.82) is 0 Å². The molecule has 0 saturated heterocycles. The predicted octanol–water partition coefficient (Wildman–Crippen LogP) is 4.76. The number of alkyl carbamates (subject to hydrolysis) is 1. The van der Waals surface area contributed by atoms with Crippen LogP contribution in [0, 0.1) is 5.82 Å². The fourth-order valence-electron chi connectivity index (χ4n) is 3.88. The van der Waals surface area contributed by atoms with E-state index in [2.05, 4.69) is 10.6 Å². The number of halogens is 2. The number of rotatable bonds is 6. The van der Waals surface area contributed by atoms with Gasteiger partial charge in [-0.2, -0.15) is 0 Å². The quantitative estimate of drug-likeness (QED) is 0.394. The molecule has 0 fully saturated rings. The van der Waals surface area contributed by atoms with Gasteiger partial charge in [-0.15, -0.1) is 0 Å². The van der Waals surface area contributed by atoms with E-state index in [9.17, 15) is 23.6 Å². The van der Waals surface area contributed by atoms with Crippen LogP contribution in [0.2, 0.25) is 5.02 Å². The summed E-state index contributed by atoms with van der Waals surface area (Å²) in [5.74, 6) is -1.96. The minimum Gasteiger partial charge on any atom is -0.484 e. The van der Waals surface area contributed by atoms with Crippen LogP contribution in [0.4, 0.5) is 9.18 Å². The molecule has 11 heteroatoms. The first-order valence-electron chi connectivity index (χ1n) is 11.8. The summed E-state index contributed by atoms with van der Waals surface area (Å²) in [4.78, 5) is 50.0. The van der Waals surface area contributed by atoms with E-state index in [-0.39, 0.29) is 16.4 Å². The minimum atomic E-state index is -1.15. The number of Topliss-reactive ketones (excluding diaryl/α,β-unsaturated/α-hetero) is 1. The third-order valence-corrected chi connectivity index (χ3v) is 5.90. The summed E-state index contributed by atoms with van der Waals surface area (Å²) < 4.78 is 30.6. The molecule has 2 aromatic carbocycles. The van der Waals surface area contributed by atoms with Crippen LogP contribution in [0.15, 0.2) is 36.4 Å². The van der Waals surface area contributed by atoms with E-state index in [0.717, 1.165) is 6.07 Å². The lowest BCUT2D eigenvalue weighted by Crippen LogP contribution is -2.56. The summed E-state index contributed by atoms with van der Waals surface area (Å²) in [6, 6.07) is 7.27. The number of hydrogen-bond acceptors (Lipinski definition) is 7. The topological polar surface area (TPSA) is 120 Å². The molecule has 204 valence electrons. The summed E-state index contributed by atoms with van der Waals surface area (Å²) in [5, 5.41) is 4.91. The molecule has 0 radical (unpaired) electrons. The van der Waals surface area contributed by atoms with Gasteiger partial charge in [0.05, 0.1) is 11.1 Å². The molecular weight excluding hydrogens is 519 g/mol. The second-order valence-electron chi connectivity index (χ2n) is 10.4. The van der Waals surface area contributed by atoms with Gasteiger partial charge in [0.15, 0.2) is 11.9 Å². The molecule has 0 saturated carbocycles. The number of benzene rings is 2. The van der Waals surface area contributed by atoms with Crippen LogP contribution in [0.5, 0.6) is 5.75 Å². The number of amides is 2.